The van der Waals surface area contributed by atoms with E-state index in [1.807, 2.05) is 6.07 Å². The molecular formula is C23H28N2OS. The summed E-state index contributed by atoms with van der Waals surface area (Å²) in [7, 11) is 0. The second-order valence-electron chi connectivity index (χ2n) is 7.30. The van der Waals surface area contributed by atoms with Gasteiger partial charge in [0.25, 0.3) is 0 Å². The van der Waals surface area contributed by atoms with E-state index in [1.165, 1.54) is 21.0 Å². The Bertz CT molecular complexity index is 880. The molecule has 0 aliphatic rings. The van der Waals surface area contributed by atoms with Crippen LogP contribution in [0.2, 0.25) is 0 Å². The van der Waals surface area contributed by atoms with E-state index < -0.39 is 0 Å². The summed E-state index contributed by atoms with van der Waals surface area (Å²) in [4.78, 5) is 6.23. The zero-order chi connectivity index (χ0) is 19.4. The average Bonchev–Trinajstić information content (AvgIpc) is 2.98. The Labute approximate surface area is 166 Å². The molecule has 0 radical (unpaired) electrons. The van der Waals surface area contributed by atoms with Crippen LogP contribution in [0, 0.1) is 13.8 Å². The highest BCUT2D eigenvalue weighted by Crippen LogP contribution is 2.37. The maximum atomic E-state index is 9.33. The van der Waals surface area contributed by atoms with E-state index in [-0.39, 0.29) is 6.61 Å². The van der Waals surface area contributed by atoms with Crippen molar-refractivity contribution in [1.29, 1.82) is 0 Å². The van der Waals surface area contributed by atoms with E-state index >= 15 is 0 Å². The normalized spacial score (nSPS) is 11.3. The molecule has 1 aromatic heterocycles. The SMILES string of the molecule is Cc1cc(C)cc(Sc2c(C(C)C)nc(CCCO)n2-c2ccccc2)c1. The molecule has 0 bridgehead atoms. The summed E-state index contributed by atoms with van der Waals surface area (Å²) in [5.74, 6) is 1.35. The summed E-state index contributed by atoms with van der Waals surface area (Å²) in [6.45, 7) is 8.85. The fourth-order valence-corrected chi connectivity index (χ4v) is 4.70. The third-order valence-corrected chi connectivity index (χ3v) is 5.52. The van der Waals surface area contributed by atoms with Gasteiger partial charge in [-0.15, -0.1) is 0 Å². The molecule has 0 fully saturated rings. The molecule has 0 saturated heterocycles. The molecular weight excluding hydrogens is 352 g/mol. The van der Waals surface area contributed by atoms with Gasteiger partial charge in [0.1, 0.15) is 10.9 Å². The van der Waals surface area contributed by atoms with Crippen LogP contribution >= 0.6 is 11.8 Å². The van der Waals surface area contributed by atoms with Crippen LogP contribution in [-0.4, -0.2) is 21.3 Å². The standard InChI is InChI=1S/C23H28N2OS/c1-16(2)22-23(27-20-14-17(3)13-18(4)15-20)25(19-9-6-5-7-10-19)21(24-22)11-8-12-26/h5-7,9-10,13-16,26H,8,11-12H2,1-4H3. The van der Waals surface area contributed by atoms with Gasteiger partial charge >= 0.3 is 0 Å². The van der Waals surface area contributed by atoms with Crippen LogP contribution in [0.3, 0.4) is 0 Å². The summed E-state index contributed by atoms with van der Waals surface area (Å²) >= 11 is 1.78. The number of aliphatic hydroxyl groups excluding tert-OH is 1. The average molecular weight is 381 g/mol. The van der Waals surface area contributed by atoms with Crippen molar-refractivity contribution in [2.45, 2.75) is 56.4 Å². The Morgan fingerprint density at radius 3 is 2.30 bits per heavy atom. The van der Waals surface area contributed by atoms with Crippen molar-refractivity contribution < 1.29 is 5.11 Å². The van der Waals surface area contributed by atoms with Gasteiger partial charge in [-0.1, -0.05) is 49.9 Å². The molecule has 0 saturated carbocycles. The lowest BCUT2D eigenvalue weighted by atomic mass is 10.1. The fraction of sp³-hybridized carbons (Fsp3) is 0.348. The highest BCUT2D eigenvalue weighted by molar-refractivity contribution is 7.99. The first-order valence-corrected chi connectivity index (χ1v) is 10.3. The summed E-state index contributed by atoms with van der Waals surface area (Å²) in [5.41, 5.74) is 4.79. The van der Waals surface area contributed by atoms with E-state index in [0.29, 0.717) is 5.92 Å². The Balaban J connectivity index is 2.15. The molecule has 1 N–H and O–H groups in total. The first-order chi connectivity index (χ1) is 13.0. The highest BCUT2D eigenvalue weighted by atomic mass is 32.2. The number of imidazole rings is 1. The van der Waals surface area contributed by atoms with E-state index in [1.54, 1.807) is 11.8 Å². The third-order valence-electron chi connectivity index (χ3n) is 4.46. The molecule has 3 aromatic rings. The third kappa shape index (κ3) is 4.63. The van der Waals surface area contributed by atoms with Crippen LogP contribution in [0.25, 0.3) is 5.69 Å². The maximum Gasteiger partial charge on any atom is 0.114 e. The zero-order valence-corrected chi connectivity index (χ0v) is 17.4. The number of rotatable bonds is 7. The molecule has 3 nitrogen and oxygen atoms in total. The van der Waals surface area contributed by atoms with E-state index in [9.17, 15) is 5.11 Å². The zero-order valence-electron chi connectivity index (χ0n) is 16.6. The lowest BCUT2D eigenvalue weighted by Crippen LogP contribution is -2.04. The van der Waals surface area contributed by atoms with Crippen LogP contribution < -0.4 is 0 Å². The predicted octanol–water partition coefficient (Wildman–Crippen LogP) is 5.69. The van der Waals surface area contributed by atoms with Crippen LogP contribution in [-0.2, 0) is 6.42 Å². The van der Waals surface area contributed by atoms with Gasteiger partial charge in [-0.05, 0) is 61.6 Å². The van der Waals surface area contributed by atoms with E-state index in [0.717, 1.165) is 30.0 Å². The van der Waals surface area contributed by atoms with Gasteiger partial charge in [0.15, 0.2) is 0 Å². The molecule has 27 heavy (non-hydrogen) atoms. The number of aromatic nitrogens is 2. The van der Waals surface area contributed by atoms with Crippen molar-refractivity contribution in [3.8, 4) is 5.69 Å². The molecule has 142 valence electrons. The summed E-state index contributed by atoms with van der Waals surface area (Å²) in [5, 5.41) is 10.5. The van der Waals surface area contributed by atoms with Crippen molar-refractivity contribution in [2.75, 3.05) is 6.61 Å². The van der Waals surface area contributed by atoms with Crippen molar-refractivity contribution >= 4 is 11.8 Å². The van der Waals surface area contributed by atoms with Gasteiger partial charge < -0.3 is 5.11 Å². The molecule has 4 heteroatoms. The van der Waals surface area contributed by atoms with Crippen LogP contribution in [0.4, 0.5) is 0 Å². The van der Waals surface area contributed by atoms with Crippen LogP contribution in [0.15, 0.2) is 58.5 Å². The van der Waals surface area contributed by atoms with Crippen molar-refractivity contribution in [1.82, 2.24) is 9.55 Å². The number of para-hydroxylation sites is 1. The first kappa shape index (κ1) is 19.7. The molecule has 1 heterocycles. The highest BCUT2D eigenvalue weighted by Gasteiger charge is 2.21. The Morgan fingerprint density at radius 2 is 1.70 bits per heavy atom. The molecule has 0 spiro atoms. The van der Waals surface area contributed by atoms with E-state index in [4.69, 9.17) is 4.98 Å². The van der Waals surface area contributed by atoms with Gasteiger partial charge in [-0.3, -0.25) is 4.57 Å². The van der Waals surface area contributed by atoms with Crippen LogP contribution in [0.1, 0.15) is 48.8 Å². The minimum Gasteiger partial charge on any atom is -0.396 e. The minimum absolute atomic E-state index is 0.179. The number of aliphatic hydroxyl groups is 1. The largest absolute Gasteiger partial charge is 0.396 e. The lowest BCUT2D eigenvalue weighted by Gasteiger charge is -2.14. The molecule has 0 amide bonds. The van der Waals surface area contributed by atoms with Crippen molar-refractivity contribution in [3.63, 3.8) is 0 Å². The molecule has 0 unspecified atom stereocenters. The second kappa shape index (κ2) is 8.77. The topological polar surface area (TPSA) is 38.1 Å². The molecule has 0 aliphatic heterocycles. The monoisotopic (exact) mass is 380 g/mol. The minimum atomic E-state index is 0.179. The maximum absolute atomic E-state index is 9.33. The van der Waals surface area contributed by atoms with Crippen LogP contribution in [0.5, 0.6) is 0 Å². The quantitative estimate of drug-likeness (QED) is 0.572. The van der Waals surface area contributed by atoms with Gasteiger partial charge in [-0.2, -0.15) is 0 Å². The fourth-order valence-electron chi connectivity index (χ4n) is 3.29. The number of aryl methyl sites for hydroxylation is 3. The number of hydrogen-bond donors (Lipinski definition) is 1. The van der Waals surface area contributed by atoms with Gasteiger partial charge in [0.05, 0.1) is 5.69 Å². The van der Waals surface area contributed by atoms with Gasteiger partial charge in [0, 0.05) is 23.6 Å². The molecule has 3 rings (SSSR count). The number of benzene rings is 2. The predicted molar refractivity (Wildman–Crippen MR) is 113 cm³/mol. The van der Waals surface area contributed by atoms with Gasteiger partial charge in [-0.25, -0.2) is 4.98 Å². The Kier molecular flexibility index (Phi) is 6.40. The lowest BCUT2D eigenvalue weighted by molar-refractivity contribution is 0.287. The Hall–Kier alpha value is -2.04. The van der Waals surface area contributed by atoms with Gasteiger partial charge in [0.2, 0.25) is 0 Å². The molecule has 0 aliphatic carbocycles. The molecule has 2 aromatic carbocycles. The second-order valence-corrected chi connectivity index (χ2v) is 8.36. The summed E-state index contributed by atoms with van der Waals surface area (Å²) in [6, 6.07) is 17.1. The summed E-state index contributed by atoms with van der Waals surface area (Å²) in [6.07, 6.45) is 1.48. The van der Waals surface area contributed by atoms with Crippen molar-refractivity contribution in [3.05, 3.63) is 71.2 Å². The van der Waals surface area contributed by atoms with E-state index in [2.05, 4.69) is 74.7 Å². The smallest absolute Gasteiger partial charge is 0.114 e. The number of nitrogens with zero attached hydrogens (tertiary/aromatic N) is 2. The summed E-state index contributed by atoms with van der Waals surface area (Å²) < 4.78 is 2.27. The number of hydrogen-bond acceptors (Lipinski definition) is 3. The Morgan fingerprint density at radius 1 is 1.04 bits per heavy atom. The van der Waals surface area contributed by atoms with Crippen molar-refractivity contribution in [2.24, 2.45) is 0 Å². The first-order valence-electron chi connectivity index (χ1n) is 9.53. The molecule has 0 atom stereocenters.